The van der Waals surface area contributed by atoms with Gasteiger partial charge in [-0.2, -0.15) is 0 Å². The Balaban J connectivity index is 1.50. The molecule has 20 heavy (non-hydrogen) atoms. The van der Waals surface area contributed by atoms with Crippen LogP contribution in [0.5, 0.6) is 0 Å². The highest BCUT2D eigenvalue weighted by molar-refractivity contribution is 5.78. The van der Waals surface area contributed by atoms with Crippen LogP contribution in [0.3, 0.4) is 0 Å². The number of nitrogens with one attached hydrogen (secondary N) is 1. The van der Waals surface area contributed by atoms with Gasteiger partial charge < -0.3 is 15.3 Å². The Kier molecular flexibility index (Phi) is 6.26. The first-order valence-electron chi connectivity index (χ1n) is 8.10. The van der Waals surface area contributed by atoms with Gasteiger partial charge in [0, 0.05) is 25.7 Å². The van der Waals surface area contributed by atoms with Crippen LogP contribution in [0.15, 0.2) is 0 Å². The molecule has 0 atom stereocenters. The van der Waals surface area contributed by atoms with E-state index in [9.17, 15) is 9.90 Å². The van der Waals surface area contributed by atoms with Gasteiger partial charge in [0.2, 0.25) is 5.91 Å². The predicted octanol–water partition coefficient (Wildman–Crippen LogP) is 0.434. The van der Waals surface area contributed by atoms with E-state index in [1.165, 1.54) is 12.8 Å². The largest absolute Gasteiger partial charge is 0.393 e. The van der Waals surface area contributed by atoms with Gasteiger partial charge in [0.25, 0.3) is 0 Å². The molecule has 2 fully saturated rings. The van der Waals surface area contributed by atoms with E-state index < -0.39 is 0 Å². The molecule has 0 radical (unpaired) electrons. The second kappa shape index (κ2) is 7.96. The van der Waals surface area contributed by atoms with Gasteiger partial charge in [-0.25, -0.2) is 0 Å². The third-order valence-electron chi connectivity index (χ3n) is 4.35. The Bertz CT molecular complexity index is 299. The molecule has 1 saturated carbocycles. The molecule has 2 rings (SSSR count). The lowest BCUT2D eigenvalue weighted by molar-refractivity contribution is -0.122. The summed E-state index contributed by atoms with van der Waals surface area (Å²) in [5.41, 5.74) is 0. The van der Waals surface area contributed by atoms with E-state index in [1.54, 1.807) is 0 Å². The Morgan fingerprint density at radius 3 is 2.60 bits per heavy atom. The summed E-state index contributed by atoms with van der Waals surface area (Å²) < 4.78 is 0. The molecule has 0 unspecified atom stereocenters. The van der Waals surface area contributed by atoms with Gasteiger partial charge in [-0.3, -0.25) is 9.69 Å². The van der Waals surface area contributed by atoms with Gasteiger partial charge in [0.1, 0.15) is 0 Å². The summed E-state index contributed by atoms with van der Waals surface area (Å²) in [4.78, 5) is 16.5. The van der Waals surface area contributed by atoms with Crippen molar-refractivity contribution in [2.75, 3.05) is 39.3 Å². The molecule has 2 N–H and O–H groups in total. The summed E-state index contributed by atoms with van der Waals surface area (Å²) in [6, 6.07) is 0.658. The monoisotopic (exact) mass is 283 g/mol. The zero-order chi connectivity index (χ0) is 14.4. The molecule has 1 aliphatic heterocycles. The molecule has 2 aliphatic rings. The molecular formula is C15H29N3O2. The van der Waals surface area contributed by atoms with Crippen LogP contribution in [0.2, 0.25) is 0 Å². The van der Waals surface area contributed by atoms with Crippen molar-refractivity contribution in [2.24, 2.45) is 0 Å². The topological polar surface area (TPSA) is 55.8 Å². The molecule has 5 heteroatoms. The molecule has 1 amide bonds. The number of likely N-dealkylation sites (N-methyl/N-ethyl adjacent to an activating group) is 1. The highest BCUT2D eigenvalue weighted by atomic mass is 16.3. The lowest BCUT2D eigenvalue weighted by Crippen LogP contribution is -2.40. The van der Waals surface area contributed by atoms with Crippen LogP contribution in [-0.2, 0) is 4.79 Å². The van der Waals surface area contributed by atoms with Crippen LogP contribution in [0, 0.1) is 0 Å². The van der Waals surface area contributed by atoms with Gasteiger partial charge in [0.05, 0.1) is 12.6 Å². The number of hydrogen-bond acceptors (Lipinski definition) is 4. The van der Waals surface area contributed by atoms with Crippen molar-refractivity contribution in [3.05, 3.63) is 0 Å². The van der Waals surface area contributed by atoms with Gasteiger partial charge >= 0.3 is 0 Å². The van der Waals surface area contributed by atoms with Crippen LogP contribution in [0.25, 0.3) is 0 Å². The maximum atomic E-state index is 11.8. The quantitative estimate of drug-likeness (QED) is 0.635. The maximum absolute atomic E-state index is 11.8. The van der Waals surface area contributed by atoms with Crippen LogP contribution >= 0.6 is 0 Å². The minimum Gasteiger partial charge on any atom is -0.393 e. The Labute approximate surface area is 122 Å². The first-order valence-corrected chi connectivity index (χ1v) is 8.10. The van der Waals surface area contributed by atoms with E-state index in [-0.39, 0.29) is 12.0 Å². The Morgan fingerprint density at radius 2 is 2.00 bits per heavy atom. The molecule has 0 aromatic heterocycles. The number of carbonyl (C=O) groups is 1. The van der Waals surface area contributed by atoms with Crippen molar-refractivity contribution in [3.8, 4) is 0 Å². The highest BCUT2D eigenvalue weighted by Crippen LogP contribution is 2.25. The average Bonchev–Trinajstić information content (AvgIpc) is 3.27. The van der Waals surface area contributed by atoms with E-state index in [0.29, 0.717) is 12.6 Å². The van der Waals surface area contributed by atoms with Gasteiger partial charge in [-0.15, -0.1) is 0 Å². The van der Waals surface area contributed by atoms with Crippen molar-refractivity contribution in [1.29, 1.82) is 0 Å². The molecule has 0 aromatic rings. The number of nitrogens with zero attached hydrogens (tertiary/aromatic N) is 2. The van der Waals surface area contributed by atoms with E-state index >= 15 is 0 Å². The van der Waals surface area contributed by atoms with E-state index in [1.807, 2.05) is 0 Å². The number of piperidine rings is 1. The molecule has 0 bridgehead atoms. The summed E-state index contributed by atoms with van der Waals surface area (Å²) in [5, 5.41) is 12.5. The maximum Gasteiger partial charge on any atom is 0.234 e. The summed E-state index contributed by atoms with van der Waals surface area (Å²) in [6.45, 7) is 7.40. The average molecular weight is 283 g/mol. The minimum absolute atomic E-state index is 0.103. The van der Waals surface area contributed by atoms with Gasteiger partial charge in [-0.05, 0) is 45.2 Å². The number of aliphatic hydroxyl groups is 1. The first kappa shape index (κ1) is 15.7. The van der Waals surface area contributed by atoms with Gasteiger partial charge in [0.15, 0.2) is 0 Å². The summed E-state index contributed by atoms with van der Waals surface area (Å²) in [6.07, 6.45) is 5.17. The van der Waals surface area contributed by atoms with E-state index in [2.05, 4.69) is 22.0 Å². The van der Waals surface area contributed by atoms with Crippen molar-refractivity contribution in [3.63, 3.8) is 0 Å². The third-order valence-corrected chi connectivity index (χ3v) is 4.35. The predicted molar refractivity (Wildman–Crippen MR) is 79.6 cm³/mol. The fourth-order valence-corrected chi connectivity index (χ4v) is 2.85. The molecule has 1 aliphatic carbocycles. The standard InChI is InChI=1S/C15H29N3O2/c1-2-18(13-4-5-13)12-15(20)16-8-3-9-17-10-6-14(19)7-11-17/h13-14,19H,2-12H2,1H3,(H,16,20). The zero-order valence-electron chi connectivity index (χ0n) is 12.7. The van der Waals surface area contributed by atoms with E-state index in [4.69, 9.17) is 0 Å². The highest BCUT2D eigenvalue weighted by Gasteiger charge is 2.28. The molecule has 5 nitrogen and oxygen atoms in total. The van der Waals surface area contributed by atoms with Gasteiger partial charge in [-0.1, -0.05) is 6.92 Å². The SMILES string of the molecule is CCN(CC(=O)NCCCN1CCC(O)CC1)C1CC1. The number of rotatable bonds is 8. The molecular weight excluding hydrogens is 254 g/mol. The normalized spacial score (nSPS) is 21.4. The summed E-state index contributed by atoms with van der Waals surface area (Å²) >= 11 is 0. The molecule has 116 valence electrons. The van der Waals surface area contributed by atoms with Crippen molar-refractivity contribution in [2.45, 2.75) is 51.2 Å². The number of amides is 1. The molecule has 0 spiro atoms. The number of likely N-dealkylation sites (tertiary alicyclic amines) is 1. The van der Waals surface area contributed by atoms with Crippen molar-refractivity contribution in [1.82, 2.24) is 15.1 Å². The minimum atomic E-state index is -0.103. The van der Waals surface area contributed by atoms with Crippen LogP contribution in [0.1, 0.15) is 39.0 Å². The fraction of sp³-hybridized carbons (Fsp3) is 0.933. The first-order chi connectivity index (χ1) is 9.69. The summed E-state index contributed by atoms with van der Waals surface area (Å²) in [5.74, 6) is 0.160. The smallest absolute Gasteiger partial charge is 0.234 e. The van der Waals surface area contributed by atoms with Crippen LogP contribution in [0.4, 0.5) is 0 Å². The Morgan fingerprint density at radius 1 is 1.30 bits per heavy atom. The van der Waals surface area contributed by atoms with Crippen molar-refractivity contribution < 1.29 is 9.90 Å². The molecule has 1 heterocycles. The molecule has 0 aromatic carbocycles. The Hall–Kier alpha value is -0.650. The lowest BCUT2D eigenvalue weighted by atomic mass is 10.1. The van der Waals surface area contributed by atoms with E-state index in [0.717, 1.165) is 52.0 Å². The van der Waals surface area contributed by atoms with Crippen LogP contribution < -0.4 is 5.32 Å². The number of carbonyl (C=O) groups excluding carboxylic acids is 1. The van der Waals surface area contributed by atoms with Crippen LogP contribution in [-0.4, -0.2) is 72.2 Å². The third kappa shape index (κ3) is 5.38. The molecule has 1 saturated heterocycles. The lowest BCUT2D eigenvalue weighted by Gasteiger charge is -2.29. The second-order valence-corrected chi connectivity index (χ2v) is 6.07. The summed E-state index contributed by atoms with van der Waals surface area (Å²) in [7, 11) is 0. The second-order valence-electron chi connectivity index (χ2n) is 6.07. The number of hydrogen-bond donors (Lipinski definition) is 2. The zero-order valence-corrected chi connectivity index (χ0v) is 12.7. The van der Waals surface area contributed by atoms with Crippen molar-refractivity contribution >= 4 is 5.91 Å². The fourth-order valence-electron chi connectivity index (χ4n) is 2.85. The number of aliphatic hydroxyl groups excluding tert-OH is 1.